The number of carbonyl (C=O) groups is 3. The second-order valence-electron chi connectivity index (χ2n) is 13.7. The summed E-state index contributed by atoms with van der Waals surface area (Å²) in [6.07, 6.45) is 8.62. The van der Waals surface area contributed by atoms with Gasteiger partial charge in [0.15, 0.2) is 18.9 Å². The Bertz CT molecular complexity index is 1270. The first-order chi connectivity index (χ1) is 24.2. The van der Waals surface area contributed by atoms with Crippen LogP contribution in [0.15, 0.2) is 36.4 Å². The van der Waals surface area contributed by atoms with E-state index in [-0.39, 0.29) is 17.7 Å². The van der Waals surface area contributed by atoms with Gasteiger partial charge < -0.3 is 27.9 Å². The molecule has 0 bridgehead atoms. The fourth-order valence-electron chi connectivity index (χ4n) is 6.68. The molecular formula is C41H64N2O7+2. The van der Waals surface area contributed by atoms with Crippen LogP contribution in [0.4, 0.5) is 0 Å². The number of rotatable bonds is 26. The largest absolute Gasteiger partial charge is 0.488 e. The molecule has 0 spiro atoms. The van der Waals surface area contributed by atoms with Crippen molar-refractivity contribution in [3.63, 3.8) is 0 Å². The normalized spacial score (nSPS) is 12.4. The number of ether oxygens (including phenoxy) is 4. The molecule has 0 aliphatic heterocycles. The van der Waals surface area contributed by atoms with Crippen LogP contribution in [0.2, 0.25) is 0 Å². The standard InChI is InChI=1S/C41H64N2O7/c1-7-13-15-17-25-49-39(44)31-42(9-3,10-4)23-27-47-33-19-21-35-36-22-20-34(30-38(36)41(46)37(35)29-33)48-28-24-43(11-5,12-6)32-40(45)50-26-18-16-14-8-2/h19-22,29-30H,7-18,23-28,31-32H2,1-6H3/q+2. The lowest BCUT2D eigenvalue weighted by atomic mass is 10.1. The first-order valence-corrected chi connectivity index (χ1v) is 19.3. The minimum atomic E-state index is -0.156. The lowest BCUT2D eigenvalue weighted by Crippen LogP contribution is -2.53. The van der Waals surface area contributed by atoms with Gasteiger partial charge in [0.2, 0.25) is 0 Å². The Morgan fingerprint density at radius 3 is 1.28 bits per heavy atom. The summed E-state index contributed by atoms with van der Waals surface area (Å²) in [5.41, 5.74) is 3.01. The molecule has 3 rings (SSSR count). The Hall–Kier alpha value is -3.43. The van der Waals surface area contributed by atoms with Crippen molar-refractivity contribution in [3.8, 4) is 22.6 Å². The summed E-state index contributed by atoms with van der Waals surface area (Å²) in [4.78, 5) is 38.8. The number of hydrogen-bond acceptors (Lipinski definition) is 7. The number of likely N-dealkylation sites (N-methyl/N-ethyl adjacent to an activating group) is 2. The van der Waals surface area contributed by atoms with Crippen LogP contribution >= 0.6 is 0 Å². The van der Waals surface area contributed by atoms with E-state index in [1.54, 1.807) is 0 Å². The number of ketones is 1. The maximum absolute atomic E-state index is 13.6. The van der Waals surface area contributed by atoms with Gasteiger partial charge in [-0.15, -0.1) is 0 Å². The molecule has 0 saturated heterocycles. The van der Waals surface area contributed by atoms with Crippen molar-refractivity contribution < 1.29 is 42.3 Å². The summed E-state index contributed by atoms with van der Waals surface area (Å²) in [7, 11) is 0. The molecule has 0 saturated carbocycles. The van der Waals surface area contributed by atoms with Crippen LogP contribution in [0, 0.1) is 0 Å². The van der Waals surface area contributed by atoms with Crippen molar-refractivity contribution >= 4 is 17.7 Å². The number of quaternary nitrogens is 2. The molecule has 0 aromatic heterocycles. The summed E-state index contributed by atoms with van der Waals surface area (Å²) in [6, 6.07) is 11.4. The third-order valence-electron chi connectivity index (χ3n) is 10.6. The highest BCUT2D eigenvalue weighted by atomic mass is 16.5. The van der Waals surface area contributed by atoms with Gasteiger partial charge in [-0.2, -0.15) is 0 Å². The Labute approximate surface area is 301 Å². The third kappa shape index (κ3) is 11.8. The zero-order valence-electron chi connectivity index (χ0n) is 31.9. The molecule has 0 amide bonds. The minimum absolute atomic E-state index is 0.0475. The van der Waals surface area contributed by atoms with Gasteiger partial charge in [-0.25, -0.2) is 9.59 Å². The Balaban J connectivity index is 1.54. The highest BCUT2D eigenvalue weighted by Crippen LogP contribution is 2.40. The lowest BCUT2D eigenvalue weighted by molar-refractivity contribution is -0.918. The summed E-state index contributed by atoms with van der Waals surface area (Å²) in [6.45, 7) is 19.7. The van der Waals surface area contributed by atoms with Crippen molar-refractivity contribution in [2.24, 2.45) is 0 Å². The number of nitrogens with zero attached hydrogens (tertiary/aromatic N) is 2. The van der Waals surface area contributed by atoms with Crippen LogP contribution in [0.25, 0.3) is 11.1 Å². The first-order valence-electron chi connectivity index (χ1n) is 19.3. The van der Waals surface area contributed by atoms with Crippen LogP contribution in [0.3, 0.4) is 0 Å². The maximum atomic E-state index is 13.6. The number of carbonyl (C=O) groups excluding carboxylic acids is 3. The number of unbranched alkanes of at least 4 members (excludes halogenated alkanes) is 6. The van der Waals surface area contributed by atoms with Crippen LogP contribution < -0.4 is 9.47 Å². The van der Waals surface area contributed by atoms with Crippen LogP contribution in [0.5, 0.6) is 11.5 Å². The van der Waals surface area contributed by atoms with E-state index in [2.05, 4.69) is 41.5 Å². The fraction of sp³-hybridized carbons (Fsp3) is 0.634. The smallest absolute Gasteiger partial charge is 0.361 e. The van der Waals surface area contributed by atoms with Crippen molar-refractivity contribution in [2.75, 3.05) is 78.8 Å². The van der Waals surface area contributed by atoms with E-state index in [1.165, 1.54) is 0 Å². The van der Waals surface area contributed by atoms with E-state index in [0.717, 1.165) is 88.7 Å². The second-order valence-corrected chi connectivity index (χ2v) is 13.7. The SMILES string of the molecule is CCCCCCOC(=O)C[N+](CC)(CC)CCOc1ccc2c(c1)C(=O)c1cc(OCC[N+](CC)(CC)CC(=O)OCCCCCC)ccc1-2. The van der Waals surface area contributed by atoms with Crippen LogP contribution in [-0.2, 0) is 19.1 Å². The molecular weight excluding hydrogens is 632 g/mol. The van der Waals surface area contributed by atoms with Crippen LogP contribution in [0.1, 0.15) is 109 Å². The number of esters is 2. The highest BCUT2D eigenvalue weighted by molar-refractivity contribution is 6.22. The van der Waals surface area contributed by atoms with Gasteiger partial charge in [-0.1, -0.05) is 52.4 Å². The Kier molecular flexibility index (Phi) is 17.3. The predicted molar refractivity (Wildman–Crippen MR) is 199 cm³/mol. The van der Waals surface area contributed by atoms with Gasteiger partial charge in [0, 0.05) is 11.1 Å². The van der Waals surface area contributed by atoms with E-state index in [4.69, 9.17) is 18.9 Å². The van der Waals surface area contributed by atoms with E-state index in [0.29, 0.717) is 84.2 Å². The average Bonchev–Trinajstić information content (AvgIpc) is 3.40. The van der Waals surface area contributed by atoms with Gasteiger partial charge in [0.05, 0.1) is 39.4 Å². The quantitative estimate of drug-likeness (QED) is 0.0485. The number of fused-ring (bicyclic) bond motifs is 3. The van der Waals surface area contributed by atoms with Crippen molar-refractivity contribution in [2.45, 2.75) is 92.9 Å². The summed E-state index contributed by atoms with van der Waals surface area (Å²) in [5.74, 6) is 0.915. The molecule has 0 unspecified atom stereocenters. The van der Waals surface area contributed by atoms with Crippen molar-refractivity contribution in [1.29, 1.82) is 0 Å². The third-order valence-corrected chi connectivity index (χ3v) is 10.6. The fourth-order valence-corrected chi connectivity index (χ4v) is 6.68. The molecule has 0 heterocycles. The molecule has 0 fully saturated rings. The van der Waals surface area contributed by atoms with E-state index in [9.17, 15) is 14.4 Å². The van der Waals surface area contributed by atoms with Gasteiger partial charge in [-0.05, 0) is 88.1 Å². The number of hydrogen-bond donors (Lipinski definition) is 0. The van der Waals surface area contributed by atoms with Gasteiger partial charge in [0.25, 0.3) is 0 Å². The molecule has 9 nitrogen and oxygen atoms in total. The molecule has 2 aromatic rings. The van der Waals surface area contributed by atoms with Gasteiger partial charge >= 0.3 is 11.9 Å². The average molecular weight is 697 g/mol. The number of benzene rings is 2. The molecule has 0 radical (unpaired) electrons. The zero-order valence-corrected chi connectivity index (χ0v) is 31.9. The predicted octanol–water partition coefficient (Wildman–Crippen LogP) is 7.62. The minimum Gasteiger partial charge on any atom is -0.488 e. The zero-order chi connectivity index (χ0) is 36.4. The van der Waals surface area contributed by atoms with E-state index < -0.39 is 0 Å². The van der Waals surface area contributed by atoms with Crippen molar-refractivity contribution in [3.05, 3.63) is 47.5 Å². The first kappa shape index (κ1) is 41.0. The molecule has 0 N–H and O–H groups in total. The Morgan fingerprint density at radius 2 is 0.920 bits per heavy atom. The summed E-state index contributed by atoms with van der Waals surface area (Å²) in [5, 5.41) is 0. The van der Waals surface area contributed by atoms with Gasteiger partial charge in [-0.3, -0.25) is 4.79 Å². The topological polar surface area (TPSA) is 88.1 Å². The molecule has 1 aliphatic rings. The van der Waals surface area contributed by atoms with E-state index in [1.807, 2.05) is 36.4 Å². The molecule has 2 aromatic carbocycles. The second kappa shape index (κ2) is 21.1. The summed E-state index contributed by atoms with van der Waals surface area (Å²) < 4.78 is 24.6. The summed E-state index contributed by atoms with van der Waals surface area (Å²) >= 11 is 0. The Morgan fingerprint density at radius 1 is 0.520 bits per heavy atom. The maximum Gasteiger partial charge on any atom is 0.361 e. The molecule has 50 heavy (non-hydrogen) atoms. The molecule has 1 aliphatic carbocycles. The van der Waals surface area contributed by atoms with Crippen LogP contribution in [-0.4, -0.2) is 105 Å². The molecule has 9 heteroatoms. The van der Waals surface area contributed by atoms with E-state index >= 15 is 0 Å². The molecule has 0 atom stereocenters. The monoisotopic (exact) mass is 696 g/mol. The van der Waals surface area contributed by atoms with Gasteiger partial charge in [0.1, 0.15) is 37.8 Å². The highest BCUT2D eigenvalue weighted by Gasteiger charge is 2.31. The lowest BCUT2D eigenvalue weighted by Gasteiger charge is -2.35. The van der Waals surface area contributed by atoms with Crippen molar-refractivity contribution in [1.82, 2.24) is 0 Å². The molecule has 278 valence electrons.